The van der Waals surface area contributed by atoms with Crippen LogP contribution in [0.4, 0.5) is 4.79 Å². The number of amides is 2. The second-order valence-electron chi connectivity index (χ2n) is 6.10. The molecule has 1 fully saturated rings. The minimum atomic E-state index is -0.722. The smallest absolute Gasteiger partial charge is 0.319 e. The number of piperidine rings is 1. The van der Waals surface area contributed by atoms with E-state index in [1.165, 1.54) is 0 Å². The standard InChI is InChI=1S/C15H28N2O3/c1-5-12(3)11-16(4)14(20)17-9-7-15(6-2,8-10-17)13(18)19/h12H,5-11H2,1-4H3,(H,18,19). The molecule has 0 spiro atoms. The molecule has 1 N–H and O–H groups in total. The van der Waals surface area contributed by atoms with Gasteiger partial charge >= 0.3 is 12.0 Å². The fraction of sp³-hybridized carbons (Fsp3) is 0.867. The molecule has 1 unspecified atom stereocenters. The molecule has 0 radical (unpaired) electrons. The lowest BCUT2D eigenvalue weighted by Crippen LogP contribution is -2.50. The van der Waals surface area contributed by atoms with E-state index in [0.717, 1.165) is 13.0 Å². The molecular formula is C15H28N2O3. The molecule has 20 heavy (non-hydrogen) atoms. The van der Waals surface area contributed by atoms with Crippen molar-refractivity contribution in [2.75, 3.05) is 26.7 Å². The first-order valence-electron chi connectivity index (χ1n) is 7.59. The van der Waals surface area contributed by atoms with Crippen LogP contribution in [0, 0.1) is 11.3 Å². The lowest BCUT2D eigenvalue weighted by atomic mass is 9.76. The van der Waals surface area contributed by atoms with Crippen molar-refractivity contribution in [2.45, 2.75) is 46.5 Å². The summed E-state index contributed by atoms with van der Waals surface area (Å²) in [6.45, 7) is 8.01. The number of carboxylic acids is 1. The Labute approximate surface area is 121 Å². The summed E-state index contributed by atoms with van der Waals surface area (Å²) in [5, 5.41) is 9.36. The number of hydrogen-bond acceptors (Lipinski definition) is 2. The Kier molecular flexibility index (Phi) is 5.84. The van der Waals surface area contributed by atoms with Crippen LogP contribution in [-0.2, 0) is 4.79 Å². The van der Waals surface area contributed by atoms with Crippen molar-refractivity contribution in [3.8, 4) is 0 Å². The van der Waals surface area contributed by atoms with E-state index in [2.05, 4.69) is 13.8 Å². The molecule has 116 valence electrons. The number of carbonyl (C=O) groups is 2. The first-order valence-corrected chi connectivity index (χ1v) is 7.59. The molecule has 2 amide bonds. The Morgan fingerprint density at radius 1 is 1.30 bits per heavy atom. The van der Waals surface area contributed by atoms with Crippen LogP contribution >= 0.6 is 0 Å². The van der Waals surface area contributed by atoms with Crippen LogP contribution < -0.4 is 0 Å². The van der Waals surface area contributed by atoms with Crippen LogP contribution in [0.2, 0.25) is 0 Å². The number of likely N-dealkylation sites (tertiary alicyclic amines) is 1. The van der Waals surface area contributed by atoms with Gasteiger partial charge in [-0.15, -0.1) is 0 Å². The van der Waals surface area contributed by atoms with Gasteiger partial charge in [0, 0.05) is 26.7 Å². The number of carboxylic acid groups (broad SMARTS) is 1. The zero-order valence-corrected chi connectivity index (χ0v) is 13.2. The third kappa shape index (κ3) is 3.64. The Hall–Kier alpha value is -1.26. The first kappa shape index (κ1) is 16.8. The topological polar surface area (TPSA) is 60.9 Å². The number of carbonyl (C=O) groups excluding carboxylic acids is 1. The van der Waals surface area contributed by atoms with Gasteiger partial charge in [0.1, 0.15) is 0 Å². The molecule has 0 saturated carbocycles. The maximum absolute atomic E-state index is 12.3. The monoisotopic (exact) mass is 284 g/mol. The van der Waals surface area contributed by atoms with Gasteiger partial charge in [0.05, 0.1) is 5.41 Å². The minimum Gasteiger partial charge on any atom is -0.481 e. The Morgan fingerprint density at radius 2 is 1.85 bits per heavy atom. The SMILES string of the molecule is CCC(C)CN(C)C(=O)N1CCC(CC)(C(=O)O)CC1. The Bertz CT molecular complexity index is 349. The highest BCUT2D eigenvalue weighted by atomic mass is 16.4. The van der Waals surface area contributed by atoms with Crippen LogP contribution in [-0.4, -0.2) is 53.6 Å². The van der Waals surface area contributed by atoms with Crippen molar-refractivity contribution >= 4 is 12.0 Å². The van der Waals surface area contributed by atoms with E-state index in [1.54, 1.807) is 9.80 Å². The lowest BCUT2D eigenvalue weighted by molar-refractivity contribution is -0.152. The van der Waals surface area contributed by atoms with E-state index >= 15 is 0 Å². The molecule has 1 aliphatic rings. The van der Waals surface area contributed by atoms with Crippen LogP contribution in [0.15, 0.2) is 0 Å². The number of aliphatic carboxylic acids is 1. The van der Waals surface area contributed by atoms with Gasteiger partial charge in [-0.25, -0.2) is 4.79 Å². The fourth-order valence-corrected chi connectivity index (χ4v) is 2.76. The van der Waals surface area contributed by atoms with E-state index in [0.29, 0.717) is 38.3 Å². The van der Waals surface area contributed by atoms with E-state index in [1.807, 2.05) is 14.0 Å². The number of hydrogen-bond donors (Lipinski definition) is 1. The van der Waals surface area contributed by atoms with Crippen LogP contribution in [0.3, 0.4) is 0 Å². The van der Waals surface area contributed by atoms with Gasteiger partial charge in [0.25, 0.3) is 0 Å². The molecule has 5 heteroatoms. The molecule has 1 heterocycles. The molecule has 5 nitrogen and oxygen atoms in total. The molecule has 1 atom stereocenters. The zero-order chi connectivity index (χ0) is 15.3. The maximum atomic E-state index is 12.3. The molecule has 0 bridgehead atoms. The van der Waals surface area contributed by atoms with Crippen LogP contribution in [0.25, 0.3) is 0 Å². The second kappa shape index (κ2) is 6.95. The van der Waals surface area contributed by atoms with Crippen molar-refractivity contribution in [3.63, 3.8) is 0 Å². The molecule has 0 aromatic heterocycles. The van der Waals surface area contributed by atoms with Crippen molar-refractivity contribution in [3.05, 3.63) is 0 Å². The molecule has 1 aliphatic heterocycles. The zero-order valence-electron chi connectivity index (χ0n) is 13.2. The van der Waals surface area contributed by atoms with Crippen molar-refractivity contribution < 1.29 is 14.7 Å². The van der Waals surface area contributed by atoms with E-state index < -0.39 is 11.4 Å². The van der Waals surface area contributed by atoms with Gasteiger partial charge in [-0.1, -0.05) is 27.2 Å². The van der Waals surface area contributed by atoms with Gasteiger partial charge < -0.3 is 14.9 Å². The summed E-state index contributed by atoms with van der Waals surface area (Å²) in [5.41, 5.74) is -0.633. The average molecular weight is 284 g/mol. The summed E-state index contributed by atoms with van der Waals surface area (Å²) in [6.07, 6.45) is 2.80. The summed E-state index contributed by atoms with van der Waals surface area (Å²) in [4.78, 5) is 27.3. The molecule has 1 saturated heterocycles. The highest BCUT2D eigenvalue weighted by molar-refractivity contribution is 5.77. The van der Waals surface area contributed by atoms with Gasteiger partial charge in [-0.2, -0.15) is 0 Å². The van der Waals surface area contributed by atoms with Gasteiger partial charge in [-0.3, -0.25) is 4.79 Å². The summed E-state index contributed by atoms with van der Waals surface area (Å²) in [5.74, 6) is -0.234. The Balaban J connectivity index is 2.56. The highest BCUT2D eigenvalue weighted by Crippen LogP contribution is 2.35. The predicted octanol–water partition coefficient (Wildman–Crippen LogP) is 2.66. The molecule has 1 rings (SSSR count). The quantitative estimate of drug-likeness (QED) is 0.844. The lowest BCUT2D eigenvalue weighted by Gasteiger charge is -2.39. The van der Waals surface area contributed by atoms with Crippen molar-refractivity contribution in [1.82, 2.24) is 9.80 Å². The number of urea groups is 1. The summed E-state index contributed by atoms with van der Waals surface area (Å²) >= 11 is 0. The maximum Gasteiger partial charge on any atom is 0.319 e. The highest BCUT2D eigenvalue weighted by Gasteiger charge is 2.41. The second-order valence-corrected chi connectivity index (χ2v) is 6.10. The molecule has 0 aliphatic carbocycles. The van der Waals surface area contributed by atoms with E-state index in [9.17, 15) is 14.7 Å². The third-order valence-corrected chi connectivity index (χ3v) is 4.73. The number of rotatable bonds is 5. The first-order chi connectivity index (χ1) is 9.36. The summed E-state index contributed by atoms with van der Waals surface area (Å²) in [7, 11) is 1.83. The number of nitrogens with zero attached hydrogens (tertiary/aromatic N) is 2. The third-order valence-electron chi connectivity index (χ3n) is 4.73. The largest absolute Gasteiger partial charge is 0.481 e. The Morgan fingerprint density at radius 3 is 2.25 bits per heavy atom. The normalized spacial score (nSPS) is 19.5. The predicted molar refractivity (Wildman–Crippen MR) is 78.6 cm³/mol. The van der Waals surface area contributed by atoms with Crippen molar-refractivity contribution in [2.24, 2.45) is 11.3 Å². The summed E-state index contributed by atoms with van der Waals surface area (Å²) in [6, 6.07) is 0.0281. The minimum absolute atomic E-state index is 0.0281. The van der Waals surface area contributed by atoms with E-state index in [-0.39, 0.29) is 6.03 Å². The van der Waals surface area contributed by atoms with E-state index in [4.69, 9.17) is 0 Å². The van der Waals surface area contributed by atoms with Gasteiger partial charge in [0.2, 0.25) is 0 Å². The average Bonchev–Trinajstić information content (AvgIpc) is 2.46. The van der Waals surface area contributed by atoms with Gasteiger partial charge in [0.15, 0.2) is 0 Å². The molecular weight excluding hydrogens is 256 g/mol. The molecule has 0 aromatic rings. The van der Waals surface area contributed by atoms with Gasteiger partial charge in [-0.05, 0) is 25.2 Å². The van der Waals surface area contributed by atoms with Crippen molar-refractivity contribution in [1.29, 1.82) is 0 Å². The van der Waals surface area contributed by atoms with Crippen LogP contribution in [0.1, 0.15) is 46.5 Å². The molecule has 0 aromatic carbocycles. The fourth-order valence-electron chi connectivity index (χ4n) is 2.76. The summed E-state index contributed by atoms with van der Waals surface area (Å²) < 4.78 is 0. The van der Waals surface area contributed by atoms with Crippen LogP contribution in [0.5, 0.6) is 0 Å².